The lowest BCUT2D eigenvalue weighted by molar-refractivity contribution is -0.152. The average Bonchev–Trinajstić information content (AvgIpc) is 2.80. The minimum Gasteiger partial charge on any atom is -0.459 e. The number of anilines is 1. The van der Waals surface area contributed by atoms with Crippen LogP contribution in [0.4, 0.5) is 10.6 Å². The molecule has 11 nitrogen and oxygen atoms in total. The fourth-order valence-electron chi connectivity index (χ4n) is 4.88. The highest BCUT2D eigenvalue weighted by Crippen LogP contribution is 2.43. The van der Waals surface area contributed by atoms with Gasteiger partial charge in [-0.25, -0.2) is 14.8 Å². The number of carbonyl (C=O) groups is 4. The molecule has 1 aliphatic heterocycles. The van der Waals surface area contributed by atoms with Gasteiger partial charge >= 0.3 is 12.1 Å². The Labute approximate surface area is 247 Å². The summed E-state index contributed by atoms with van der Waals surface area (Å²) in [5, 5.41) is 2.11. The van der Waals surface area contributed by atoms with Crippen molar-refractivity contribution in [3.8, 4) is 0 Å². The van der Waals surface area contributed by atoms with Crippen molar-refractivity contribution in [1.82, 2.24) is 19.8 Å². The quantitative estimate of drug-likeness (QED) is 0.196. The Kier molecular flexibility index (Phi) is 9.52. The number of nitrogens with zero attached hydrogens (tertiary/aromatic N) is 4. The number of nitrogens with one attached hydrogen (secondary N) is 1. The van der Waals surface area contributed by atoms with E-state index in [1.165, 1.54) is 0 Å². The van der Waals surface area contributed by atoms with Crippen molar-refractivity contribution in [2.24, 2.45) is 0 Å². The third-order valence-corrected chi connectivity index (χ3v) is 8.33. The van der Waals surface area contributed by atoms with Gasteiger partial charge in [0.2, 0.25) is 5.78 Å². The zero-order chi connectivity index (χ0) is 30.2. The molecule has 1 aromatic rings. The van der Waals surface area contributed by atoms with Crippen molar-refractivity contribution in [2.45, 2.75) is 103 Å². The van der Waals surface area contributed by atoms with E-state index < -0.39 is 40.3 Å². The summed E-state index contributed by atoms with van der Waals surface area (Å²) in [6.07, 6.45) is 1.00. The number of Topliss-reactive ketones (excluding diaryl/α,β-unsaturated/α-hetero) is 2. The molecule has 0 bridgehead atoms. The maximum atomic E-state index is 14.1. The molecule has 13 heteroatoms. The van der Waals surface area contributed by atoms with Gasteiger partial charge in [-0.1, -0.05) is 6.92 Å². The molecule has 2 aliphatic rings. The number of fused-ring (bicyclic) bond motifs is 1. The van der Waals surface area contributed by atoms with Gasteiger partial charge in [0, 0.05) is 30.7 Å². The average molecular weight is 638 g/mol. The van der Waals surface area contributed by atoms with E-state index in [9.17, 15) is 19.2 Å². The summed E-state index contributed by atoms with van der Waals surface area (Å²) >= 11 is 3.35. The van der Waals surface area contributed by atoms with Gasteiger partial charge in [-0.05, 0) is 77.2 Å². The van der Waals surface area contributed by atoms with Crippen LogP contribution < -0.4 is 5.32 Å². The first-order chi connectivity index (χ1) is 18.4. The van der Waals surface area contributed by atoms with Gasteiger partial charge in [0.15, 0.2) is 17.3 Å². The number of amides is 1. The SMILES string of the molecule is CCC(=O)C(C(=O)c1nc(Br)c(C)nc1NCC(=O)OC(C)(C)C)N1CCN(C(=O)OC(C)(C)C)[C@@]2([Si])CC[C@H]12. The summed E-state index contributed by atoms with van der Waals surface area (Å²) in [6, 6.07) is -1.44. The summed E-state index contributed by atoms with van der Waals surface area (Å²) in [6.45, 7) is 14.5. The highest BCUT2D eigenvalue weighted by atomic mass is 79.9. The van der Waals surface area contributed by atoms with Gasteiger partial charge in [-0.2, -0.15) is 0 Å². The highest BCUT2D eigenvalue weighted by Gasteiger charge is 2.57. The van der Waals surface area contributed by atoms with Crippen LogP contribution >= 0.6 is 15.9 Å². The maximum Gasteiger partial charge on any atom is 0.410 e. The van der Waals surface area contributed by atoms with Gasteiger partial charge in [-0.3, -0.25) is 19.3 Å². The molecule has 2 heterocycles. The van der Waals surface area contributed by atoms with Crippen molar-refractivity contribution in [3.63, 3.8) is 0 Å². The molecule has 1 saturated carbocycles. The van der Waals surface area contributed by atoms with Crippen LogP contribution in [0.2, 0.25) is 0 Å². The minimum atomic E-state index is -1.14. The predicted molar refractivity (Wildman–Crippen MR) is 153 cm³/mol. The summed E-state index contributed by atoms with van der Waals surface area (Å²) in [7, 11) is 3.83. The monoisotopic (exact) mass is 636 g/mol. The van der Waals surface area contributed by atoms with Crippen molar-refractivity contribution >= 4 is 55.6 Å². The lowest BCUT2D eigenvalue weighted by atomic mass is 9.79. The predicted octanol–water partition coefficient (Wildman–Crippen LogP) is 3.41. The third kappa shape index (κ3) is 7.08. The van der Waals surface area contributed by atoms with Crippen LogP contribution in [-0.2, 0) is 19.1 Å². The van der Waals surface area contributed by atoms with Crippen LogP contribution in [-0.4, -0.2) is 102 Å². The second kappa shape index (κ2) is 11.8. The van der Waals surface area contributed by atoms with Gasteiger partial charge in [0.1, 0.15) is 28.4 Å². The van der Waals surface area contributed by atoms with Gasteiger partial charge in [0.25, 0.3) is 0 Å². The molecule has 219 valence electrons. The summed E-state index contributed by atoms with van der Waals surface area (Å²) in [5.74, 6) is -1.23. The highest BCUT2D eigenvalue weighted by molar-refractivity contribution is 9.10. The molecular weight excluding hydrogens is 598 g/mol. The van der Waals surface area contributed by atoms with E-state index in [-0.39, 0.29) is 42.8 Å². The standard InChI is InChI=1S/C27H39BrN5O6Si/c1-9-16(34)20(32-12-13-33(24(37)39-26(6,7)8)27(40)11-10-17(27)32)21(36)19-23(30-15(2)22(28)31-19)29-14-18(35)38-25(3,4)5/h17,20H,9-14H2,1-8H3,(H,29,30)/t17-,20?,27+/m0/s1. The van der Waals surface area contributed by atoms with Crippen LogP contribution in [0.1, 0.15) is 83.9 Å². The largest absolute Gasteiger partial charge is 0.459 e. The van der Waals surface area contributed by atoms with Crippen LogP contribution in [0, 0.1) is 6.92 Å². The first kappa shape index (κ1) is 32.1. The lowest BCUT2D eigenvalue weighted by Crippen LogP contribution is -2.77. The van der Waals surface area contributed by atoms with E-state index in [4.69, 9.17) is 9.47 Å². The Morgan fingerprint density at radius 1 is 1.10 bits per heavy atom. The van der Waals surface area contributed by atoms with Crippen LogP contribution in [0.3, 0.4) is 0 Å². The molecule has 3 atom stereocenters. The van der Waals surface area contributed by atoms with Gasteiger partial charge < -0.3 is 19.7 Å². The molecule has 1 N–H and O–H groups in total. The van der Waals surface area contributed by atoms with E-state index >= 15 is 0 Å². The Hall–Kier alpha value is -2.38. The summed E-state index contributed by atoms with van der Waals surface area (Å²) in [5.41, 5.74) is -0.886. The van der Waals surface area contributed by atoms with E-state index in [0.717, 1.165) is 0 Å². The fraction of sp³-hybridized carbons (Fsp3) is 0.704. The molecule has 2 fully saturated rings. The third-order valence-electron chi connectivity index (χ3n) is 6.73. The van der Waals surface area contributed by atoms with Crippen LogP contribution in [0.15, 0.2) is 4.60 Å². The number of rotatable bonds is 8. The first-order valence-corrected chi connectivity index (χ1v) is 14.8. The molecular formula is C27H39BrN5O6Si. The number of ether oxygens (including phenoxy) is 2. The maximum absolute atomic E-state index is 14.1. The number of aryl methyl sites for hydroxylation is 1. The second-order valence-corrected chi connectivity index (χ2v) is 13.8. The van der Waals surface area contributed by atoms with Gasteiger partial charge in [-0.15, -0.1) is 0 Å². The topological polar surface area (TPSA) is 131 Å². The normalized spacial score (nSPS) is 22.1. The molecule has 1 aromatic heterocycles. The molecule has 0 spiro atoms. The smallest absolute Gasteiger partial charge is 0.410 e. The Balaban J connectivity index is 1.92. The Bertz CT molecular complexity index is 1180. The molecule has 3 rings (SSSR count). The summed E-state index contributed by atoms with van der Waals surface area (Å²) < 4.78 is 11.3. The molecule has 1 saturated heterocycles. The van der Waals surface area contributed by atoms with Crippen molar-refractivity contribution in [1.29, 1.82) is 0 Å². The zero-order valence-corrected chi connectivity index (χ0v) is 27.1. The Morgan fingerprint density at radius 3 is 2.25 bits per heavy atom. The summed E-state index contributed by atoms with van der Waals surface area (Å²) in [4.78, 5) is 65.2. The molecule has 1 unspecified atom stereocenters. The molecule has 1 aliphatic carbocycles. The van der Waals surface area contributed by atoms with Crippen LogP contribution in [0.25, 0.3) is 0 Å². The molecule has 3 radical (unpaired) electrons. The van der Waals surface area contributed by atoms with E-state index in [1.54, 1.807) is 39.5 Å². The number of halogens is 1. The van der Waals surface area contributed by atoms with Gasteiger partial charge in [0.05, 0.1) is 15.9 Å². The Morgan fingerprint density at radius 2 is 1.73 bits per heavy atom. The zero-order valence-electron chi connectivity index (χ0n) is 24.5. The molecule has 40 heavy (non-hydrogen) atoms. The minimum absolute atomic E-state index is 0.0544. The first-order valence-electron chi connectivity index (χ1n) is 13.5. The fourth-order valence-corrected chi connectivity index (χ4v) is 5.81. The number of piperazine rings is 1. The number of esters is 1. The van der Waals surface area contributed by atoms with Crippen LogP contribution in [0.5, 0.6) is 0 Å². The van der Waals surface area contributed by atoms with E-state index in [1.807, 2.05) is 25.7 Å². The number of hydrogen-bond donors (Lipinski definition) is 1. The van der Waals surface area contributed by atoms with Crippen molar-refractivity contribution in [3.05, 3.63) is 16.0 Å². The molecule has 1 amide bonds. The van der Waals surface area contributed by atoms with Crippen molar-refractivity contribution in [2.75, 3.05) is 25.0 Å². The number of aromatic nitrogens is 2. The van der Waals surface area contributed by atoms with E-state index in [0.29, 0.717) is 29.7 Å². The van der Waals surface area contributed by atoms with E-state index in [2.05, 4.69) is 41.5 Å². The number of carbonyl (C=O) groups excluding carboxylic acids is 4. The molecule has 0 aromatic carbocycles. The second-order valence-electron chi connectivity index (χ2n) is 12.2. The number of hydrogen-bond acceptors (Lipinski definition) is 10. The number of ketones is 2. The lowest BCUT2D eigenvalue weighted by Gasteiger charge is -2.62. The van der Waals surface area contributed by atoms with Crippen molar-refractivity contribution < 1.29 is 28.7 Å².